The highest BCUT2D eigenvalue weighted by molar-refractivity contribution is 7.09. The van der Waals surface area contributed by atoms with Gasteiger partial charge in [-0.05, 0) is 23.6 Å². The lowest BCUT2D eigenvalue weighted by Gasteiger charge is -2.08. The minimum atomic E-state index is -0.418. The average molecular weight is 333 g/mol. The van der Waals surface area contributed by atoms with Gasteiger partial charge in [-0.3, -0.25) is 15.1 Å². The van der Waals surface area contributed by atoms with Gasteiger partial charge in [-0.25, -0.2) is 0 Å². The number of benzene rings is 1. The average Bonchev–Trinajstić information content (AvgIpc) is 3.05. The second kappa shape index (κ2) is 8.74. The summed E-state index contributed by atoms with van der Waals surface area (Å²) in [6, 6.07) is 10.4. The Balaban J connectivity index is 1.63. The molecule has 0 amide bonds. The summed E-state index contributed by atoms with van der Waals surface area (Å²) in [5, 5.41) is 18.8. The van der Waals surface area contributed by atoms with Gasteiger partial charge in [-0.15, -0.1) is 11.3 Å². The van der Waals surface area contributed by atoms with Crippen LogP contribution in [0.5, 0.6) is 0 Å². The quantitative estimate of drug-likeness (QED) is 0.226. The van der Waals surface area contributed by atoms with Gasteiger partial charge in [0.1, 0.15) is 0 Å². The zero-order valence-electron chi connectivity index (χ0n) is 12.6. The third kappa shape index (κ3) is 5.95. The maximum absolute atomic E-state index is 10.6. The molecular weight excluding hydrogens is 314 g/mol. The Morgan fingerprint density at radius 1 is 1.26 bits per heavy atom. The normalized spacial score (nSPS) is 11.2. The van der Waals surface area contributed by atoms with Gasteiger partial charge in [0.05, 0.1) is 4.92 Å². The second-order valence-corrected chi connectivity index (χ2v) is 5.79. The molecular formula is C15H19N5O2S. The molecule has 7 nitrogen and oxygen atoms in total. The van der Waals surface area contributed by atoms with E-state index in [1.807, 2.05) is 11.4 Å². The van der Waals surface area contributed by atoms with Crippen LogP contribution in [0.25, 0.3) is 0 Å². The Hall–Kier alpha value is -2.61. The van der Waals surface area contributed by atoms with Crippen molar-refractivity contribution in [2.24, 2.45) is 10.7 Å². The molecule has 0 saturated heterocycles. The van der Waals surface area contributed by atoms with Gasteiger partial charge in [-0.1, -0.05) is 6.07 Å². The van der Waals surface area contributed by atoms with E-state index in [1.165, 1.54) is 17.0 Å². The van der Waals surface area contributed by atoms with Crippen LogP contribution in [0.3, 0.4) is 0 Å². The van der Waals surface area contributed by atoms with Crippen LogP contribution in [0.1, 0.15) is 4.88 Å². The van der Waals surface area contributed by atoms with E-state index in [4.69, 9.17) is 5.73 Å². The molecule has 0 aliphatic rings. The zero-order valence-corrected chi connectivity index (χ0v) is 13.4. The van der Waals surface area contributed by atoms with Crippen molar-refractivity contribution in [2.45, 2.75) is 6.42 Å². The largest absolute Gasteiger partial charge is 0.383 e. The number of nitro benzene ring substituents is 1. The Morgan fingerprint density at radius 3 is 2.70 bits per heavy atom. The van der Waals surface area contributed by atoms with E-state index in [1.54, 1.807) is 23.5 Å². The molecule has 0 fully saturated rings. The van der Waals surface area contributed by atoms with Gasteiger partial charge in [0.2, 0.25) is 0 Å². The SMILES string of the molecule is NC(=NCCc1cccs1)NCCNc1ccc([N+](=O)[O-])cc1. The number of non-ortho nitro benzene ring substituents is 1. The number of anilines is 1. The molecule has 1 heterocycles. The molecule has 122 valence electrons. The minimum Gasteiger partial charge on any atom is -0.383 e. The first kappa shape index (κ1) is 16.8. The molecule has 0 aliphatic carbocycles. The summed E-state index contributed by atoms with van der Waals surface area (Å²) >= 11 is 1.71. The maximum atomic E-state index is 10.6. The molecule has 2 aromatic rings. The molecule has 0 spiro atoms. The Kier molecular flexibility index (Phi) is 6.37. The van der Waals surface area contributed by atoms with Crippen molar-refractivity contribution in [1.29, 1.82) is 0 Å². The fourth-order valence-corrected chi connectivity index (χ4v) is 2.59. The van der Waals surface area contributed by atoms with Crippen molar-refractivity contribution in [3.05, 3.63) is 56.8 Å². The first-order chi connectivity index (χ1) is 11.1. The number of thiophene rings is 1. The predicted molar refractivity (Wildman–Crippen MR) is 94.1 cm³/mol. The lowest BCUT2D eigenvalue weighted by Crippen LogP contribution is -2.35. The highest BCUT2D eigenvalue weighted by Crippen LogP contribution is 2.14. The van der Waals surface area contributed by atoms with Crippen molar-refractivity contribution in [3.8, 4) is 0 Å². The van der Waals surface area contributed by atoms with Crippen LogP contribution < -0.4 is 16.4 Å². The Labute approximate surface area is 138 Å². The van der Waals surface area contributed by atoms with E-state index in [0.29, 0.717) is 25.6 Å². The predicted octanol–water partition coefficient (Wildman–Crippen LogP) is 2.22. The number of hydrogen-bond donors (Lipinski definition) is 3. The van der Waals surface area contributed by atoms with Crippen molar-refractivity contribution in [1.82, 2.24) is 5.32 Å². The monoisotopic (exact) mass is 333 g/mol. The summed E-state index contributed by atoms with van der Waals surface area (Å²) in [6.45, 7) is 1.92. The van der Waals surface area contributed by atoms with Crippen LogP contribution in [0.2, 0.25) is 0 Å². The zero-order chi connectivity index (χ0) is 16.5. The van der Waals surface area contributed by atoms with Gasteiger partial charge in [0.25, 0.3) is 5.69 Å². The fraction of sp³-hybridized carbons (Fsp3) is 0.267. The number of nitrogens with zero attached hydrogens (tertiary/aromatic N) is 2. The van der Waals surface area contributed by atoms with Crippen molar-refractivity contribution in [2.75, 3.05) is 25.0 Å². The maximum Gasteiger partial charge on any atom is 0.269 e. The second-order valence-electron chi connectivity index (χ2n) is 4.75. The fourth-order valence-electron chi connectivity index (χ4n) is 1.90. The number of nitro groups is 1. The van der Waals surface area contributed by atoms with Crippen molar-refractivity contribution in [3.63, 3.8) is 0 Å². The first-order valence-electron chi connectivity index (χ1n) is 7.19. The molecule has 0 atom stereocenters. The molecule has 0 radical (unpaired) electrons. The highest BCUT2D eigenvalue weighted by atomic mass is 32.1. The van der Waals surface area contributed by atoms with Crippen LogP contribution in [0, 0.1) is 10.1 Å². The van der Waals surface area contributed by atoms with Crippen LogP contribution in [0.15, 0.2) is 46.8 Å². The van der Waals surface area contributed by atoms with Crippen molar-refractivity contribution >= 4 is 28.7 Å². The summed E-state index contributed by atoms with van der Waals surface area (Å²) in [5.74, 6) is 0.423. The van der Waals surface area contributed by atoms with E-state index >= 15 is 0 Å². The van der Waals surface area contributed by atoms with Crippen LogP contribution in [-0.4, -0.2) is 30.5 Å². The van der Waals surface area contributed by atoms with E-state index in [-0.39, 0.29) is 5.69 Å². The molecule has 0 unspecified atom stereocenters. The number of nitrogens with two attached hydrogens (primary N) is 1. The first-order valence-corrected chi connectivity index (χ1v) is 8.07. The van der Waals surface area contributed by atoms with E-state index in [0.717, 1.165) is 12.1 Å². The summed E-state index contributed by atoms with van der Waals surface area (Å²) in [6.07, 6.45) is 0.890. The van der Waals surface area contributed by atoms with Gasteiger partial charge in [-0.2, -0.15) is 0 Å². The standard InChI is InChI=1S/C15H19N5O2S/c16-15(18-8-7-14-2-1-11-23-14)19-10-9-17-12-3-5-13(6-4-12)20(21)22/h1-6,11,17H,7-10H2,(H3,16,18,19). The van der Waals surface area contributed by atoms with Gasteiger partial charge in [0.15, 0.2) is 5.96 Å². The topological polar surface area (TPSA) is 106 Å². The van der Waals surface area contributed by atoms with E-state index in [2.05, 4.69) is 21.7 Å². The molecule has 1 aromatic heterocycles. The van der Waals surface area contributed by atoms with Crippen LogP contribution in [0.4, 0.5) is 11.4 Å². The number of rotatable bonds is 8. The number of guanidine groups is 1. The summed E-state index contributed by atoms with van der Waals surface area (Å²) < 4.78 is 0. The smallest absolute Gasteiger partial charge is 0.269 e. The van der Waals surface area contributed by atoms with Crippen LogP contribution >= 0.6 is 11.3 Å². The Bertz CT molecular complexity index is 640. The minimum absolute atomic E-state index is 0.0794. The number of nitrogens with one attached hydrogen (secondary N) is 2. The van der Waals surface area contributed by atoms with Gasteiger partial charge in [0, 0.05) is 48.8 Å². The van der Waals surface area contributed by atoms with Gasteiger partial charge >= 0.3 is 0 Å². The molecule has 23 heavy (non-hydrogen) atoms. The molecule has 0 bridgehead atoms. The molecule has 2 rings (SSSR count). The lowest BCUT2D eigenvalue weighted by atomic mass is 10.3. The van der Waals surface area contributed by atoms with Crippen molar-refractivity contribution < 1.29 is 4.92 Å². The van der Waals surface area contributed by atoms with E-state index < -0.39 is 4.92 Å². The third-order valence-electron chi connectivity index (χ3n) is 3.06. The summed E-state index contributed by atoms with van der Waals surface area (Å²) in [5.41, 5.74) is 6.69. The van der Waals surface area contributed by atoms with E-state index in [9.17, 15) is 10.1 Å². The molecule has 0 aliphatic heterocycles. The van der Waals surface area contributed by atoms with Gasteiger partial charge < -0.3 is 16.4 Å². The summed E-state index contributed by atoms with van der Waals surface area (Å²) in [4.78, 5) is 15.7. The summed E-state index contributed by atoms with van der Waals surface area (Å²) in [7, 11) is 0. The highest BCUT2D eigenvalue weighted by Gasteiger charge is 2.03. The molecule has 1 aromatic carbocycles. The van der Waals surface area contributed by atoms with Crippen LogP contribution in [-0.2, 0) is 6.42 Å². The number of aliphatic imine (C=N–C) groups is 1. The Morgan fingerprint density at radius 2 is 2.04 bits per heavy atom. The molecule has 4 N–H and O–H groups in total. The molecule has 0 saturated carbocycles. The number of hydrogen-bond acceptors (Lipinski definition) is 5. The molecule has 8 heteroatoms. The lowest BCUT2D eigenvalue weighted by molar-refractivity contribution is -0.384. The third-order valence-corrected chi connectivity index (χ3v) is 3.99.